The lowest BCUT2D eigenvalue weighted by Crippen LogP contribution is -2.30. The zero-order chi connectivity index (χ0) is 12.6. The second-order valence-electron chi connectivity index (χ2n) is 4.28. The molecule has 1 aromatic carbocycles. The maximum Gasteiger partial charge on any atom is 0.237 e. The van der Waals surface area contributed by atoms with Crippen LogP contribution < -0.4 is 4.90 Å². The van der Waals surface area contributed by atoms with Crippen molar-refractivity contribution in [2.45, 2.75) is 20.3 Å². The Hall–Kier alpha value is -1.97. The van der Waals surface area contributed by atoms with Crippen LogP contribution in [-0.4, -0.2) is 17.6 Å². The van der Waals surface area contributed by atoms with Crippen LogP contribution in [0.4, 0.5) is 5.69 Å². The maximum absolute atomic E-state index is 11.8. The Morgan fingerprint density at radius 2 is 2.06 bits per heavy atom. The van der Waals surface area contributed by atoms with E-state index in [1.165, 1.54) is 6.92 Å². The summed E-state index contributed by atoms with van der Waals surface area (Å²) in [6.45, 7) is 3.18. The predicted octanol–water partition coefficient (Wildman–Crippen LogP) is 1.79. The largest absolute Gasteiger partial charge is 0.295 e. The summed E-state index contributed by atoms with van der Waals surface area (Å²) < 4.78 is 0. The molecule has 1 aromatic rings. The standard InChI is InChI=1S/C13H13NO3/c1-8-6-12(16)14(13(8)17)11-5-3-4-10(7-11)9(2)15/h3-5,7-8H,6H2,1-2H3. The van der Waals surface area contributed by atoms with E-state index >= 15 is 0 Å². The van der Waals surface area contributed by atoms with Crippen molar-refractivity contribution in [3.63, 3.8) is 0 Å². The summed E-state index contributed by atoms with van der Waals surface area (Å²) in [7, 11) is 0. The molecular weight excluding hydrogens is 218 g/mol. The first-order valence-electron chi connectivity index (χ1n) is 5.48. The van der Waals surface area contributed by atoms with E-state index in [1.807, 2.05) is 0 Å². The lowest BCUT2D eigenvalue weighted by Gasteiger charge is -2.14. The Kier molecular flexibility index (Phi) is 2.79. The van der Waals surface area contributed by atoms with Crippen LogP contribution in [0.2, 0.25) is 0 Å². The lowest BCUT2D eigenvalue weighted by molar-refractivity contribution is -0.122. The minimum absolute atomic E-state index is 0.0843. The summed E-state index contributed by atoms with van der Waals surface area (Å²) in [5, 5.41) is 0. The van der Waals surface area contributed by atoms with Crippen molar-refractivity contribution in [3.8, 4) is 0 Å². The van der Waals surface area contributed by atoms with Crippen molar-refractivity contribution in [2.24, 2.45) is 5.92 Å². The average Bonchev–Trinajstić information content (AvgIpc) is 2.53. The van der Waals surface area contributed by atoms with Gasteiger partial charge in [0.2, 0.25) is 11.8 Å². The van der Waals surface area contributed by atoms with Gasteiger partial charge >= 0.3 is 0 Å². The van der Waals surface area contributed by atoms with Gasteiger partial charge in [-0.3, -0.25) is 19.3 Å². The molecule has 88 valence electrons. The normalized spacial score (nSPS) is 19.9. The third-order valence-electron chi connectivity index (χ3n) is 2.88. The average molecular weight is 231 g/mol. The van der Waals surface area contributed by atoms with E-state index in [0.717, 1.165) is 4.90 Å². The van der Waals surface area contributed by atoms with Gasteiger partial charge in [0.25, 0.3) is 0 Å². The number of ketones is 1. The summed E-state index contributed by atoms with van der Waals surface area (Å²) in [4.78, 5) is 35.9. The van der Waals surface area contributed by atoms with Crippen LogP contribution in [0, 0.1) is 5.92 Å². The molecule has 1 aliphatic rings. The van der Waals surface area contributed by atoms with E-state index in [0.29, 0.717) is 11.3 Å². The number of hydrogen-bond donors (Lipinski definition) is 0. The molecule has 0 radical (unpaired) electrons. The number of carbonyl (C=O) groups excluding carboxylic acids is 3. The fourth-order valence-electron chi connectivity index (χ4n) is 1.92. The smallest absolute Gasteiger partial charge is 0.237 e. The Balaban J connectivity index is 2.40. The van der Waals surface area contributed by atoms with Gasteiger partial charge in [-0.1, -0.05) is 19.1 Å². The molecular formula is C13H13NO3. The minimum Gasteiger partial charge on any atom is -0.295 e. The van der Waals surface area contributed by atoms with E-state index in [2.05, 4.69) is 0 Å². The summed E-state index contributed by atoms with van der Waals surface area (Å²) in [5.74, 6) is -0.763. The van der Waals surface area contributed by atoms with Crippen molar-refractivity contribution >= 4 is 23.3 Å². The summed E-state index contributed by atoms with van der Waals surface area (Å²) in [6, 6.07) is 6.59. The van der Waals surface area contributed by atoms with E-state index in [4.69, 9.17) is 0 Å². The molecule has 17 heavy (non-hydrogen) atoms. The van der Waals surface area contributed by atoms with Crippen LogP contribution in [0.25, 0.3) is 0 Å². The van der Waals surface area contributed by atoms with E-state index in [1.54, 1.807) is 31.2 Å². The first-order valence-corrected chi connectivity index (χ1v) is 5.48. The van der Waals surface area contributed by atoms with E-state index in [-0.39, 0.29) is 29.9 Å². The van der Waals surface area contributed by atoms with Gasteiger partial charge in [-0.05, 0) is 19.1 Å². The van der Waals surface area contributed by atoms with Crippen LogP contribution in [-0.2, 0) is 9.59 Å². The minimum atomic E-state index is -0.275. The van der Waals surface area contributed by atoms with Gasteiger partial charge in [-0.15, -0.1) is 0 Å². The SMILES string of the molecule is CC(=O)c1cccc(N2C(=O)CC(C)C2=O)c1. The van der Waals surface area contributed by atoms with Crippen molar-refractivity contribution < 1.29 is 14.4 Å². The fourth-order valence-corrected chi connectivity index (χ4v) is 1.92. The highest BCUT2D eigenvalue weighted by atomic mass is 16.2. The Morgan fingerprint density at radius 1 is 1.35 bits per heavy atom. The highest BCUT2D eigenvalue weighted by molar-refractivity contribution is 6.21. The van der Waals surface area contributed by atoms with E-state index in [9.17, 15) is 14.4 Å². The predicted molar refractivity (Wildman–Crippen MR) is 62.7 cm³/mol. The summed E-state index contributed by atoms with van der Waals surface area (Å²) in [5.41, 5.74) is 0.986. The van der Waals surface area contributed by atoms with Crippen molar-refractivity contribution in [1.29, 1.82) is 0 Å². The van der Waals surface area contributed by atoms with Crippen molar-refractivity contribution in [3.05, 3.63) is 29.8 Å². The molecule has 0 N–H and O–H groups in total. The van der Waals surface area contributed by atoms with Gasteiger partial charge in [0.05, 0.1) is 5.69 Å². The number of nitrogens with zero attached hydrogens (tertiary/aromatic N) is 1. The molecule has 1 heterocycles. The number of carbonyl (C=O) groups is 3. The van der Waals surface area contributed by atoms with Crippen LogP contribution in [0.15, 0.2) is 24.3 Å². The van der Waals surface area contributed by atoms with Gasteiger partial charge in [0.1, 0.15) is 0 Å². The second kappa shape index (κ2) is 4.13. The van der Waals surface area contributed by atoms with Gasteiger partial charge in [0.15, 0.2) is 5.78 Å². The molecule has 2 amide bonds. The molecule has 0 bridgehead atoms. The molecule has 1 aliphatic heterocycles. The van der Waals surface area contributed by atoms with Crippen molar-refractivity contribution in [1.82, 2.24) is 0 Å². The number of Topliss-reactive ketones (excluding diaryl/α,β-unsaturated/α-hetero) is 1. The number of anilines is 1. The molecule has 4 nitrogen and oxygen atoms in total. The third-order valence-corrected chi connectivity index (χ3v) is 2.88. The van der Waals surface area contributed by atoms with Crippen molar-refractivity contribution in [2.75, 3.05) is 4.90 Å². The number of rotatable bonds is 2. The highest BCUT2D eigenvalue weighted by Crippen LogP contribution is 2.26. The summed E-state index contributed by atoms with van der Waals surface area (Å²) in [6.07, 6.45) is 0.239. The molecule has 2 rings (SSSR count). The highest BCUT2D eigenvalue weighted by Gasteiger charge is 2.36. The molecule has 0 saturated carbocycles. The lowest BCUT2D eigenvalue weighted by atomic mass is 10.1. The molecule has 1 saturated heterocycles. The number of hydrogen-bond acceptors (Lipinski definition) is 3. The van der Waals surface area contributed by atoms with Gasteiger partial charge in [0, 0.05) is 17.9 Å². The van der Waals surface area contributed by atoms with Crippen LogP contribution in [0.3, 0.4) is 0 Å². The zero-order valence-electron chi connectivity index (χ0n) is 9.77. The Morgan fingerprint density at radius 3 is 2.59 bits per heavy atom. The number of amides is 2. The van der Waals surface area contributed by atoms with E-state index < -0.39 is 0 Å². The molecule has 0 aliphatic carbocycles. The zero-order valence-corrected chi connectivity index (χ0v) is 9.77. The van der Waals surface area contributed by atoms with Crippen LogP contribution >= 0.6 is 0 Å². The van der Waals surface area contributed by atoms with Crippen LogP contribution in [0.1, 0.15) is 30.6 Å². The van der Waals surface area contributed by atoms with Gasteiger partial charge < -0.3 is 0 Å². The second-order valence-corrected chi connectivity index (χ2v) is 4.28. The molecule has 1 fully saturated rings. The Labute approximate surface area is 99.2 Å². The maximum atomic E-state index is 11.8. The van der Waals surface area contributed by atoms with Gasteiger partial charge in [-0.25, -0.2) is 0 Å². The molecule has 0 aromatic heterocycles. The molecule has 1 unspecified atom stereocenters. The first-order chi connectivity index (χ1) is 8.00. The Bertz CT molecular complexity index is 507. The monoisotopic (exact) mass is 231 g/mol. The van der Waals surface area contributed by atoms with Crippen LogP contribution in [0.5, 0.6) is 0 Å². The number of benzene rings is 1. The topological polar surface area (TPSA) is 54.5 Å². The van der Waals surface area contributed by atoms with Gasteiger partial charge in [-0.2, -0.15) is 0 Å². The fraction of sp³-hybridized carbons (Fsp3) is 0.308. The summed E-state index contributed by atoms with van der Waals surface area (Å²) >= 11 is 0. The molecule has 4 heteroatoms. The third kappa shape index (κ3) is 1.98. The molecule has 1 atom stereocenters. The molecule has 0 spiro atoms. The number of imide groups is 1. The quantitative estimate of drug-likeness (QED) is 0.576. The first kappa shape index (κ1) is 11.5.